The van der Waals surface area contributed by atoms with E-state index in [4.69, 9.17) is 0 Å². The van der Waals surface area contributed by atoms with Crippen LogP contribution in [0.3, 0.4) is 0 Å². The van der Waals surface area contributed by atoms with Crippen molar-refractivity contribution in [2.24, 2.45) is 0 Å². The van der Waals surface area contributed by atoms with Gasteiger partial charge in [-0.05, 0) is 61.3 Å². The lowest BCUT2D eigenvalue weighted by Gasteiger charge is -2.37. The number of aromatic hydroxyl groups is 1. The summed E-state index contributed by atoms with van der Waals surface area (Å²) >= 11 is 0. The molecule has 4 heterocycles. The highest BCUT2D eigenvalue weighted by atomic mass is 16.3. The average molecular weight is 399 g/mol. The van der Waals surface area contributed by atoms with Gasteiger partial charge in [0.1, 0.15) is 11.4 Å². The van der Waals surface area contributed by atoms with Crippen LogP contribution in [0.5, 0.6) is 5.75 Å². The molecule has 6 heteroatoms. The van der Waals surface area contributed by atoms with Crippen LogP contribution in [0.1, 0.15) is 29.8 Å². The van der Waals surface area contributed by atoms with Gasteiger partial charge in [0.05, 0.1) is 22.6 Å². The van der Waals surface area contributed by atoms with Gasteiger partial charge in [0.25, 0.3) is 0 Å². The van der Waals surface area contributed by atoms with Crippen molar-refractivity contribution in [2.45, 2.75) is 26.7 Å². The van der Waals surface area contributed by atoms with Crippen LogP contribution in [0, 0.1) is 13.8 Å². The van der Waals surface area contributed by atoms with Crippen LogP contribution in [-0.2, 0) is 0 Å². The van der Waals surface area contributed by atoms with Gasteiger partial charge in [-0.3, -0.25) is 0 Å². The summed E-state index contributed by atoms with van der Waals surface area (Å²) in [5.74, 6) is 0.653. The summed E-state index contributed by atoms with van der Waals surface area (Å²) in [6.45, 7) is 9.37. The second-order valence-electron chi connectivity index (χ2n) is 8.12. The van der Waals surface area contributed by atoms with Gasteiger partial charge < -0.3 is 14.4 Å². The number of hydrogen-bond donors (Lipinski definition) is 1. The topological polar surface area (TPSA) is 66.5 Å². The maximum Gasteiger partial charge on any atom is 0.139 e. The normalized spacial score (nSPS) is 14.9. The molecule has 152 valence electrons. The summed E-state index contributed by atoms with van der Waals surface area (Å²) in [5, 5.41) is 19.7. The lowest BCUT2D eigenvalue weighted by molar-refractivity contribution is 0.154. The molecule has 0 atom stereocenters. The van der Waals surface area contributed by atoms with Crippen LogP contribution >= 0.6 is 0 Å². The van der Waals surface area contributed by atoms with Gasteiger partial charge in [0.2, 0.25) is 0 Å². The van der Waals surface area contributed by atoms with Crippen molar-refractivity contribution in [3.63, 3.8) is 0 Å². The van der Waals surface area contributed by atoms with Crippen LogP contribution < -0.4 is 0 Å². The Kier molecular flexibility index (Phi) is 4.51. The number of pyridine rings is 1. The number of aromatic nitrogens is 4. The van der Waals surface area contributed by atoms with E-state index in [1.54, 1.807) is 6.07 Å². The predicted molar refractivity (Wildman–Crippen MR) is 118 cm³/mol. The van der Waals surface area contributed by atoms with E-state index in [2.05, 4.69) is 46.2 Å². The van der Waals surface area contributed by atoms with Crippen LogP contribution in [-0.4, -0.2) is 49.2 Å². The Morgan fingerprint density at radius 3 is 2.63 bits per heavy atom. The molecule has 0 aliphatic carbocycles. The molecular formula is C24H25N5O. The number of fused-ring (bicyclic) bond motifs is 1. The van der Waals surface area contributed by atoms with E-state index in [9.17, 15) is 5.11 Å². The molecule has 0 radical (unpaired) electrons. The fraction of sp³-hybridized carbons (Fsp3) is 0.292. The molecule has 1 aliphatic rings. The minimum atomic E-state index is 0.204. The molecule has 0 spiro atoms. The number of rotatable bonds is 4. The number of nitrogens with zero attached hydrogens (tertiary/aromatic N) is 5. The Bertz CT molecular complexity index is 1220. The highest BCUT2D eigenvalue weighted by Crippen LogP contribution is 2.38. The third kappa shape index (κ3) is 3.13. The van der Waals surface area contributed by atoms with Crippen molar-refractivity contribution >= 4 is 5.65 Å². The summed E-state index contributed by atoms with van der Waals surface area (Å²) in [6, 6.07) is 11.7. The van der Waals surface area contributed by atoms with E-state index in [-0.39, 0.29) is 5.75 Å². The first kappa shape index (κ1) is 18.8. The van der Waals surface area contributed by atoms with Gasteiger partial charge in [-0.1, -0.05) is 19.1 Å². The van der Waals surface area contributed by atoms with Crippen LogP contribution in [0.15, 0.2) is 48.8 Å². The number of likely N-dealkylation sites (N-methyl/N-ethyl adjacent to an activating group) is 1. The Hall–Kier alpha value is -3.25. The molecule has 0 amide bonds. The highest BCUT2D eigenvalue weighted by Gasteiger charge is 2.28. The number of benzene rings is 1. The zero-order valence-electron chi connectivity index (χ0n) is 17.5. The average Bonchev–Trinajstić information content (AvgIpc) is 3.08. The second kappa shape index (κ2) is 7.22. The van der Waals surface area contributed by atoms with Crippen LogP contribution in [0.25, 0.3) is 28.0 Å². The van der Waals surface area contributed by atoms with Gasteiger partial charge in [0.15, 0.2) is 0 Å². The van der Waals surface area contributed by atoms with E-state index >= 15 is 0 Å². The van der Waals surface area contributed by atoms with Crippen molar-refractivity contribution in [1.82, 2.24) is 24.5 Å². The van der Waals surface area contributed by atoms with Gasteiger partial charge in [-0.2, -0.15) is 10.2 Å². The largest absolute Gasteiger partial charge is 0.507 e. The molecule has 5 rings (SSSR count). The van der Waals surface area contributed by atoms with Crippen LogP contribution in [0.4, 0.5) is 0 Å². The lowest BCUT2D eigenvalue weighted by Crippen LogP contribution is -2.44. The number of hydrogen-bond acceptors (Lipinski definition) is 5. The Morgan fingerprint density at radius 1 is 1.07 bits per heavy atom. The Morgan fingerprint density at radius 2 is 1.90 bits per heavy atom. The highest BCUT2D eigenvalue weighted by molar-refractivity contribution is 5.86. The number of aryl methyl sites for hydroxylation is 2. The van der Waals surface area contributed by atoms with Crippen molar-refractivity contribution in [2.75, 3.05) is 19.6 Å². The van der Waals surface area contributed by atoms with E-state index in [1.807, 2.05) is 41.8 Å². The molecule has 30 heavy (non-hydrogen) atoms. The maximum absolute atomic E-state index is 10.7. The summed E-state index contributed by atoms with van der Waals surface area (Å²) in [4.78, 5) is 6.97. The molecule has 1 fully saturated rings. The number of phenols is 1. The number of imidazole rings is 1. The number of likely N-dealkylation sites (tertiary alicyclic amines) is 1. The summed E-state index contributed by atoms with van der Waals surface area (Å²) in [7, 11) is 0. The van der Waals surface area contributed by atoms with E-state index in [1.165, 1.54) is 0 Å². The molecule has 3 aromatic heterocycles. The maximum atomic E-state index is 10.7. The molecule has 1 aliphatic heterocycles. The monoisotopic (exact) mass is 399 g/mol. The van der Waals surface area contributed by atoms with Crippen molar-refractivity contribution in [3.05, 3.63) is 65.7 Å². The van der Waals surface area contributed by atoms with E-state index < -0.39 is 0 Å². The molecule has 0 unspecified atom stereocenters. The summed E-state index contributed by atoms with van der Waals surface area (Å²) in [6.07, 6.45) is 4.07. The second-order valence-corrected chi connectivity index (χ2v) is 8.12. The molecule has 1 aromatic carbocycles. The fourth-order valence-corrected chi connectivity index (χ4v) is 4.30. The SMILES string of the molecule is CCN1CC(c2ccc(-c3c(O)cccc3-c3cc(C)c4nc(C)cn4c3)nn2)C1. The summed E-state index contributed by atoms with van der Waals surface area (Å²) < 4.78 is 2.04. The minimum absolute atomic E-state index is 0.204. The van der Waals surface area contributed by atoms with Gasteiger partial charge >= 0.3 is 0 Å². The fourth-order valence-electron chi connectivity index (χ4n) is 4.30. The van der Waals surface area contributed by atoms with Gasteiger partial charge in [-0.15, -0.1) is 0 Å². The first-order valence-electron chi connectivity index (χ1n) is 10.4. The lowest BCUT2D eigenvalue weighted by atomic mass is 9.94. The third-order valence-corrected chi connectivity index (χ3v) is 5.97. The third-order valence-electron chi connectivity index (χ3n) is 5.97. The summed E-state index contributed by atoms with van der Waals surface area (Å²) in [5.41, 5.74) is 7.34. The van der Waals surface area contributed by atoms with Crippen LogP contribution in [0.2, 0.25) is 0 Å². The van der Waals surface area contributed by atoms with E-state index in [0.29, 0.717) is 17.2 Å². The molecule has 0 bridgehead atoms. The standard InChI is InChI=1S/C24H25N5O/c1-4-28-12-18(13-28)20-8-9-21(27-26-20)23-19(6-5-7-22(23)30)17-10-15(2)24-25-16(3)11-29(24)14-17/h5-11,14,18,30H,4,12-13H2,1-3H3. The van der Waals surface area contributed by atoms with Gasteiger partial charge in [0, 0.05) is 31.4 Å². The van der Waals surface area contributed by atoms with E-state index in [0.717, 1.165) is 53.4 Å². The zero-order valence-corrected chi connectivity index (χ0v) is 17.5. The zero-order chi connectivity index (χ0) is 20.8. The molecule has 1 N–H and O–H groups in total. The first-order valence-corrected chi connectivity index (χ1v) is 10.4. The first-order chi connectivity index (χ1) is 14.5. The molecule has 0 saturated carbocycles. The molecule has 4 aromatic rings. The van der Waals surface area contributed by atoms with Crippen molar-refractivity contribution in [1.29, 1.82) is 0 Å². The van der Waals surface area contributed by atoms with Gasteiger partial charge in [-0.25, -0.2) is 4.98 Å². The predicted octanol–water partition coefficient (Wildman–Crippen LogP) is 4.20. The molecule has 1 saturated heterocycles. The molecule has 6 nitrogen and oxygen atoms in total. The Labute approximate surface area is 175 Å². The number of phenolic OH excluding ortho intramolecular Hbond substituents is 1. The minimum Gasteiger partial charge on any atom is -0.507 e. The smallest absolute Gasteiger partial charge is 0.139 e. The van der Waals surface area contributed by atoms with Crippen molar-refractivity contribution in [3.8, 4) is 28.1 Å². The molecular weight excluding hydrogens is 374 g/mol. The van der Waals surface area contributed by atoms with Crippen molar-refractivity contribution < 1.29 is 5.11 Å². The Balaban J connectivity index is 1.56. The quantitative estimate of drug-likeness (QED) is 0.557.